The molecule has 2 heterocycles. The lowest BCUT2D eigenvalue weighted by molar-refractivity contribution is -0.155. The average molecular weight is 372 g/mol. The van der Waals surface area contributed by atoms with Crippen molar-refractivity contribution in [1.82, 2.24) is 10.5 Å². The van der Waals surface area contributed by atoms with Crippen LogP contribution in [0.15, 0.2) is 22.7 Å². The molecule has 8 nitrogen and oxygen atoms in total. The molecular formula is C19H20N2O6. The summed E-state index contributed by atoms with van der Waals surface area (Å²) < 4.78 is 10.7. The number of ether oxygens (including phenoxy) is 1. The molecule has 3 rings (SSSR count). The van der Waals surface area contributed by atoms with Crippen LogP contribution in [0.1, 0.15) is 65.4 Å². The van der Waals surface area contributed by atoms with Gasteiger partial charge in [0.15, 0.2) is 5.76 Å². The second kappa shape index (κ2) is 6.53. The number of aryl methyl sites for hydroxylation is 1. The molecule has 1 amide bonds. The van der Waals surface area contributed by atoms with E-state index in [1.807, 2.05) is 0 Å². The van der Waals surface area contributed by atoms with E-state index in [0.717, 1.165) is 0 Å². The van der Waals surface area contributed by atoms with Crippen molar-refractivity contribution >= 4 is 17.8 Å². The number of hydrogen-bond donors (Lipinski definition) is 2. The van der Waals surface area contributed by atoms with Crippen LogP contribution in [0, 0.1) is 6.92 Å². The van der Waals surface area contributed by atoms with E-state index < -0.39 is 29.5 Å². The molecule has 0 unspecified atom stereocenters. The van der Waals surface area contributed by atoms with Gasteiger partial charge < -0.3 is 19.7 Å². The third-order valence-corrected chi connectivity index (χ3v) is 4.08. The van der Waals surface area contributed by atoms with Crippen LogP contribution in [0.25, 0.3) is 11.1 Å². The van der Waals surface area contributed by atoms with Crippen LogP contribution in [-0.4, -0.2) is 33.7 Å². The fourth-order valence-corrected chi connectivity index (χ4v) is 3.03. The number of aromatic carboxylic acids is 1. The summed E-state index contributed by atoms with van der Waals surface area (Å²) in [5.41, 5.74) is 1.15. The zero-order chi connectivity index (χ0) is 19.9. The third-order valence-electron chi connectivity index (χ3n) is 4.08. The van der Waals surface area contributed by atoms with E-state index in [2.05, 4.69) is 10.5 Å². The normalized spacial score (nSPS) is 16.0. The summed E-state index contributed by atoms with van der Waals surface area (Å²) in [6.45, 7) is 6.98. The Balaban J connectivity index is 2.04. The number of nitrogens with one attached hydrogen (secondary N) is 1. The minimum atomic E-state index is -1.14. The smallest absolute Gasteiger partial charge is 0.335 e. The molecule has 0 aliphatic carbocycles. The fourth-order valence-electron chi connectivity index (χ4n) is 3.03. The molecular weight excluding hydrogens is 352 g/mol. The van der Waals surface area contributed by atoms with Crippen molar-refractivity contribution in [2.75, 3.05) is 0 Å². The number of rotatable bonds is 3. The Labute approximate surface area is 155 Å². The minimum Gasteiger partial charge on any atom is -0.478 e. The highest BCUT2D eigenvalue weighted by atomic mass is 16.6. The van der Waals surface area contributed by atoms with E-state index in [1.54, 1.807) is 33.8 Å². The van der Waals surface area contributed by atoms with Crippen LogP contribution in [0.5, 0.6) is 0 Å². The maximum absolute atomic E-state index is 12.7. The van der Waals surface area contributed by atoms with Crippen LogP contribution < -0.4 is 5.32 Å². The molecule has 1 aliphatic rings. The van der Waals surface area contributed by atoms with Gasteiger partial charge >= 0.3 is 11.9 Å². The predicted molar refractivity (Wildman–Crippen MR) is 94.3 cm³/mol. The molecule has 0 radical (unpaired) electrons. The first-order valence-electron chi connectivity index (χ1n) is 8.43. The molecule has 2 aromatic rings. The van der Waals surface area contributed by atoms with Crippen molar-refractivity contribution < 1.29 is 28.8 Å². The summed E-state index contributed by atoms with van der Waals surface area (Å²) in [4.78, 5) is 36.2. The topological polar surface area (TPSA) is 119 Å². The van der Waals surface area contributed by atoms with Crippen molar-refractivity contribution in [3.05, 3.63) is 40.8 Å². The molecule has 1 aromatic carbocycles. The second-order valence-electron chi connectivity index (χ2n) is 7.39. The molecule has 1 atom stereocenters. The first kappa shape index (κ1) is 18.6. The van der Waals surface area contributed by atoms with Crippen molar-refractivity contribution in [2.24, 2.45) is 0 Å². The molecule has 0 fully saturated rings. The maximum atomic E-state index is 12.7. The van der Waals surface area contributed by atoms with Gasteiger partial charge in [0.2, 0.25) is 0 Å². The van der Waals surface area contributed by atoms with Gasteiger partial charge in [-0.15, -0.1) is 0 Å². The Morgan fingerprint density at radius 2 is 2.00 bits per heavy atom. The van der Waals surface area contributed by atoms with Crippen LogP contribution in [-0.2, 0) is 9.53 Å². The summed E-state index contributed by atoms with van der Waals surface area (Å²) in [6.07, 6.45) is -0.135. The number of carboxylic acid groups (broad SMARTS) is 1. The van der Waals surface area contributed by atoms with Gasteiger partial charge in [0.1, 0.15) is 11.6 Å². The summed E-state index contributed by atoms with van der Waals surface area (Å²) in [5.74, 6) is -1.78. The van der Waals surface area contributed by atoms with Gasteiger partial charge in [-0.3, -0.25) is 9.59 Å². The van der Waals surface area contributed by atoms with Crippen LogP contribution in [0.2, 0.25) is 0 Å². The maximum Gasteiger partial charge on any atom is 0.335 e. The predicted octanol–water partition coefficient (Wildman–Crippen LogP) is 2.86. The Kier molecular flexibility index (Phi) is 4.51. The van der Waals surface area contributed by atoms with E-state index in [9.17, 15) is 19.5 Å². The lowest BCUT2D eigenvalue weighted by Crippen LogP contribution is -2.31. The first-order chi connectivity index (χ1) is 12.6. The number of aromatic nitrogens is 1. The zero-order valence-electron chi connectivity index (χ0n) is 15.5. The molecule has 1 aromatic heterocycles. The Morgan fingerprint density at radius 3 is 2.63 bits per heavy atom. The van der Waals surface area contributed by atoms with E-state index in [4.69, 9.17) is 9.26 Å². The number of nitrogens with zero attached hydrogens (tertiary/aromatic N) is 1. The molecule has 0 spiro atoms. The Morgan fingerprint density at radius 1 is 1.30 bits per heavy atom. The minimum absolute atomic E-state index is 0.00912. The first-order valence-corrected chi connectivity index (χ1v) is 8.43. The number of carboxylic acids is 1. The second-order valence-corrected chi connectivity index (χ2v) is 7.39. The van der Waals surface area contributed by atoms with Gasteiger partial charge in [-0.1, -0.05) is 11.2 Å². The molecule has 0 bridgehead atoms. The van der Waals surface area contributed by atoms with Gasteiger partial charge in [0.05, 0.1) is 23.2 Å². The van der Waals surface area contributed by atoms with Crippen LogP contribution >= 0.6 is 0 Å². The zero-order valence-corrected chi connectivity index (χ0v) is 15.5. The SMILES string of the molecule is Cc1noc2c1-c1ccc(C(=O)O)cc1C(=O)N[C@H]2CC(=O)OC(C)(C)C. The standard InChI is InChI=1S/C19H20N2O6/c1-9-15-11-6-5-10(18(24)25)7-12(11)17(23)20-13(16(15)27-21-9)8-14(22)26-19(2,3)4/h5-7,13H,8H2,1-4H3,(H,20,23)(H,24,25)/t13-/m0/s1. The molecule has 142 valence electrons. The number of carbonyl (C=O) groups excluding carboxylic acids is 2. The lowest BCUT2D eigenvalue weighted by Gasteiger charge is -2.21. The van der Waals surface area contributed by atoms with Crippen molar-refractivity contribution in [1.29, 1.82) is 0 Å². The number of esters is 1. The van der Waals surface area contributed by atoms with E-state index in [1.165, 1.54) is 12.1 Å². The van der Waals surface area contributed by atoms with E-state index in [-0.39, 0.29) is 17.5 Å². The van der Waals surface area contributed by atoms with Gasteiger partial charge in [-0.2, -0.15) is 0 Å². The van der Waals surface area contributed by atoms with E-state index >= 15 is 0 Å². The van der Waals surface area contributed by atoms with E-state index in [0.29, 0.717) is 22.6 Å². The Hall–Kier alpha value is -3.16. The number of benzene rings is 1. The Bertz CT molecular complexity index is 938. The molecule has 0 saturated carbocycles. The average Bonchev–Trinajstić information content (AvgIpc) is 2.88. The highest BCUT2D eigenvalue weighted by Crippen LogP contribution is 2.38. The summed E-state index contributed by atoms with van der Waals surface area (Å²) in [5, 5.41) is 15.9. The lowest BCUT2D eigenvalue weighted by atomic mass is 9.95. The fraction of sp³-hybridized carbons (Fsp3) is 0.368. The monoisotopic (exact) mass is 372 g/mol. The van der Waals surface area contributed by atoms with Crippen molar-refractivity contribution in [2.45, 2.75) is 45.8 Å². The molecule has 8 heteroatoms. The molecule has 1 aliphatic heterocycles. The highest BCUT2D eigenvalue weighted by Gasteiger charge is 2.34. The number of carbonyl (C=O) groups is 3. The summed E-state index contributed by atoms with van der Waals surface area (Å²) in [7, 11) is 0. The van der Waals surface area contributed by atoms with Crippen LogP contribution in [0.3, 0.4) is 0 Å². The summed E-state index contributed by atoms with van der Waals surface area (Å²) in [6, 6.07) is 3.50. The van der Waals surface area contributed by atoms with Crippen molar-refractivity contribution in [3.63, 3.8) is 0 Å². The number of amides is 1. The van der Waals surface area contributed by atoms with Gasteiger partial charge in [0, 0.05) is 5.56 Å². The molecule has 2 N–H and O–H groups in total. The van der Waals surface area contributed by atoms with Gasteiger partial charge in [-0.25, -0.2) is 4.79 Å². The third kappa shape index (κ3) is 3.69. The quantitative estimate of drug-likeness (QED) is 0.795. The molecule has 0 saturated heterocycles. The van der Waals surface area contributed by atoms with Gasteiger partial charge in [-0.05, 0) is 45.4 Å². The highest BCUT2D eigenvalue weighted by molar-refractivity contribution is 6.05. The largest absolute Gasteiger partial charge is 0.478 e. The van der Waals surface area contributed by atoms with Crippen LogP contribution in [0.4, 0.5) is 0 Å². The number of hydrogen-bond acceptors (Lipinski definition) is 6. The molecule has 27 heavy (non-hydrogen) atoms. The summed E-state index contributed by atoms with van der Waals surface area (Å²) >= 11 is 0. The van der Waals surface area contributed by atoms with Gasteiger partial charge in [0.25, 0.3) is 5.91 Å². The van der Waals surface area contributed by atoms with Crippen molar-refractivity contribution in [3.8, 4) is 11.1 Å². The number of fused-ring (bicyclic) bond motifs is 3.